The van der Waals surface area contributed by atoms with Crippen molar-refractivity contribution in [2.45, 2.75) is 13.0 Å². The number of rotatable bonds is 2. The number of hydrogen-bond acceptors (Lipinski definition) is 3. The first kappa shape index (κ1) is 12.2. The first-order valence-corrected chi connectivity index (χ1v) is 5.36. The third-order valence-corrected chi connectivity index (χ3v) is 2.02. The molecule has 0 radical (unpaired) electrons. The van der Waals surface area contributed by atoms with E-state index in [1.165, 1.54) is 24.3 Å². The number of hydrogen-bond donors (Lipinski definition) is 1. The van der Waals surface area contributed by atoms with Crippen molar-refractivity contribution in [3.8, 4) is 23.5 Å². The molecule has 0 aliphatic carbocycles. The van der Waals surface area contributed by atoms with Gasteiger partial charge in [-0.05, 0) is 43.2 Å². The number of halogens is 1. The molecule has 92 valence electrons. The first-order chi connectivity index (χ1) is 8.63. The fraction of sp³-hybridized carbons (Fsp3) is 0.143. The Kier molecular flexibility index (Phi) is 3.66. The van der Waals surface area contributed by atoms with Crippen LogP contribution in [-0.4, -0.2) is 11.2 Å². The molecular formula is C14H11FO3. The fourth-order valence-electron chi connectivity index (χ4n) is 1.24. The van der Waals surface area contributed by atoms with Gasteiger partial charge in [0, 0.05) is 6.07 Å². The highest BCUT2D eigenvalue weighted by molar-refractivity contribution is 5.31. The largest absolute Gasteiger partial charge is 0.426 e. The van der Waals surface area contributed by atoms with Crippen LogP contribution in [0.3, 0.4) is 0 Å². The lowest BCUT2D eigenvalue weighted by molar-refractivity contribution is 0.253. The van der Waals surface area contributed by atoms with Crippen LogP contribution in [0.1, 0.15) is 12.7 Å². The van der Waals surface area contributed by atoms with Crippen molar-refractivity contribution in [3.05, 3.63) is 48.0 Å². The summed E-state index contributed by atoms with van der Waals surface area (Å²) >= 11 is 0. The van der Waals surface area contributed by atoms with Gasteiger partial charge in [-0.1, -0.05) is 5.92 Å². The minimum Gasteiger partial charge on any atom is -0.426 e. The summed E-state index contributed by atoms with van der Waals surface area (Å²) in [6, 6.07) is 8.83. The van der Waals surface area contributed by atoms with Crippen molar-refractivity contribution in [3.63, 3.8) is 0 Å². The van der Waals surface area contributed by atoms with E-state index in [1.54, 1.807) is 19.1 Å². The van der Waals surface area contributed by atoms with Gasteiger partial charge < -0.3 is 14.3 Å². The normalized spacial score (nSPS) is 11.5. The van der Waals surface area contributed by atoms with Crippen LogP contribution in [0, 0.1) is 17.7 Å². The van der Waals surface area contributed by atoms with Crippen LogP contribution in [0.5, 0.6) is 11.7 Å². The summed E-state index contributed by atoms with van der Waals surface area (Å²) in [7, 11) is 0. The van der Waals surface area contributed by atoms with E-state index in [4.69, 9.17) is 14.3 Å². The average Bonchev–Trinajstić information content (AvgIpc) is 2.77. The summed E-state index contributed by atoms with van der Waals surface area (Å²) in [6.45, 7) is 1.56. The molecular weight excluding hydrogens is 235 g/mol. The summed E-state index contributed by atoms with van der Waals surface area (Å²) in [4.78, 5) is 0. The molecule has 18 heavy (non-hydrogen) atoms. The van der Waals surface area contributed by atoms with E-state index in [0.29, 0.717) is 11.5 Å². The molecule has 0 aliphatic heterocycles. The highest BCUT2D eigenvalue weighted by Crippen LogP contribution is 2.23. The monoisotopic (exact) mass is 246 g/mol. The molecule has 1 aromatic heterocycles. The number of aliphatic hydroxyl groups is 1. The minimum atomic E-state index is -0.712. The van der Waals surface area contributed by atoms with Gasteiger partial charge in [-0.3, -0.25) is 0 Å². The van der Waals surface area contributed by atoms with E-state index in [9.17, 15) is 4.39 Å². The van der Waals surface area contributed by atoms with Crippen LogP contribution in [-0.2, 0) is 0 Å². The van der Waals surface area contributed by atoms with Crippen molar-refractivity contribution in [1.82, 2.24) is 0 Å². The average molecular weight is 246 g/mol. The molecule has 1 atom stereocenters. The predicted octanol–water partition coefficient (Wildman–Crippen LogP) is 2.94. The molecule has 0 fully saturated rings. The quantitative estimate of drug-likeness (QED) is 0.828. The molecule has 0 saturated heterocycles. The van der Waals surface area contributed by atoms with Gasteiger partial charge in [-0.15, -0.1) is 0 Å². The molecule has 2 aromatic rings. The van der Waals surface area contributed by atoms with Crippen LogP contribution < -0.4 is 4.74 Å². The van der Waals surface area contributed by atoms with E-state index in [1.807, 2.05) is 0 Å². The maximum atomic E-state index is 12.7. The number of furan rings is 1. The number of ether oxygens (including phenoxy) is 1. The van der Waals surface area contributed by atoms with E-state index in [0.717, 1.165) is 0 Å². The third kappa shape index (κ3) is 3.37. The maximum Gasteiger partial charge on any atom is 0.291 e. The summed E-state index contributed by atoms with van der Waals surface area (Å²) in [5.41, 5.74) is 0. The molecule has 3 nitrogen and oxygen atoms in total. The van der Waals surface area contributed by atoms with E-state index in [2.05, 4.69) is 11.8 Å². The second-order valence-corrected chi connectivity index (χ2v) is 3.62. The van der Waals surface area contributed by atoms with Gasteiger partial charge in [0.2, 0.25) is 0 Å². The SMILES string of the molecule is C[C@@H](O)C#Cc1ccc(Oc2ccc(F)cc2)o1. The topological polar surface area (TPSA) is 42.6 Å². The highest BCUT2D eigenvalue weighted by atomic mass is 19.1. The Morgan fingerprint density at radius 2 is 1.94 bits per heavy atom. The van der Waals surface area contributed by atoms with Crippen LogP contribution in [0.25, 0.3) is 0 Å². The standard InChI is InChI=1S/C14H11FO3/c1-10(16)2-5-12-8-9-14(17-12)18-13-6-3-11(15)4-7-13/h3-4,6-10,16H,1H3/t10-/m1/s1. The number of aliphatic hydroxyl groups excluding tert-OH is 1. The van der Waals surface area contributed by atoms with Crippen molar-refractivity contribution < 1.29 is 18.7 Å². The zero-order chi connectivity index (χ0) is 13.0. The Morgan fingerprint density at radius 1 is 1.22 bits per heavy atom. The zero-order valence-electron chi connectivity index (χ0n) is 9.68. The maximum absolute atomic E-state index is 12.7. The Bertz CT molecular complexity index is 573. The van der Waals surface area contributed by atoms with Gasteiger partial charge in [-0.25, -0.2) is 4.39 Å². The molecule has 1 N–H and O–H groups in total. The lowest BCUT2D eigenvalue weighted by Crippen LogP contribution is -1.92. The lowest BCUT2D eigenvalue weighted by atomic mass is 10.3. The van der Waals surface area contributed by atoms with E-state index >= 15 is 0 Å². The van der Waals surface area contributed by atoms with Gasteiger partial charge in [0.15, 0.2) is 5.76 Å². The molecule has 0 bridgehead atoms. The van der Waals surface area contributed by atoms with Gasteiger partial charge in [0.05, 0.1) is 0 Å². The van der Waals surface area contributed by atoms with Gasteiger partial charge in [-0.2, -0.15) is 0 Å². The molecule has 1 aromatic carbocycles. The van der Waals surface area contributed by atoms with Crippen LogP contribution in [0.2, 0.25) is 0 Å². The molecule has 0 spiro atoms. The molecule has 0 aliphatic rings. The third-order valence-electron chi connectivity index (χ3n) is 2.02. The predicted molar refractivity (Wildman–Crippen MR) is 63.7 cm³/mol. The lowest BCUT2D eigenvalue weighted by Gasteiger charge is -2.00. The van der Waals surface area contributed by atoms with E-state index in [-0.39, 0.29) is 11.8 Å². The second-order valence-electron chi connectivity index (χ2n) is 3.62. The molecule has 0 saturated carbocycles. The highest BCUT2D eigenvalue weighted by Gasteiger charge is 2.02. The van der Waals surface area contributed by atoms with Gasteiger partial charge in [0.1, 0.15) is 17.7 Å². The fourth-order valence-corrected chi connectivity index (χ4v) is 1.24. The Hall–Kier alpha value is -2.25. The summed E-state index contributed by atoms with van der Waals surface area (Å²) in [6.07, 6.45) is -0.712. The first-order valence-electron chi connectivity index (χ1n) is 5.36. The van der Waals surface area contributed by atoms with Crippen molar-refractivity contribution in [2.75, 3.05) is 0 Å². The second kappa shape index (κ2) is 5.39. The molecule has 0 amide bonds. The van der Waals surface area contributed by atoms with Crippen molar-refractivity contribution in [1.29, 1.82) is 0 Å². The van der Waals surface area contributed by atoms with Crippen molar-refractivity contribution >= 4 is 0 Å². The summed E-state index contributed by atoms with van der Waals surface area (Å²) in [5, 5.41) is 9.00. The Morgan fingerprint density at radius 3 is 2.61 bits per heavy atom. The van der Waals surface area contributed by atoms with E-state index < -0.39 is 6.10 Å². The Balaban J connectivity index is 2.07. The Labute approximate surface area is 104 Å². The molecule has 2 rings (SSSR count). The summed E-state index contributed by atoms with van der Waals surface area (Å²) < 4.78 is 23.3. The van der Waals surface area contributed by atoms with Crippen LogP contribution in [0.4, 0.5) is 4.39 Å². The van der Waals surface area contributed by atoms with Crippen molar-refractivity contribution in [2.24, 2.45) is 0 Å². The number of benzene rings is 1. The zero-order valence-corrected chi connectivity index (χ0v) is 9.68. The molecule has 0 unspecified atom stereocenters. The summed E-state index contributed by atoms with van der Waals surface area (Å²) in [5.74, 6) is 6.01. The van der Waals surface area contributed by atoms with Crippen LogP contribution >= 0.6 is 0 Å². The molecule has 1 heterocycles. The minimum absolute atomic E-state index is 0.261. The smallest absolute Gasteiger partial charge is 0.291 e. The van der Waals surface area contributed by atoms with Gasteiger partial charge >= 0.3 is 0 Å². The van der Waals surface area contributed by atoms with Crippen LogP contribution in [0.15, 0.2) is 40.8 Å². The molecule has 4 heteroatoms. The van der Waals surface area contributed by atoms with Gasteiger partial charge in [0.25, 0.3) is 5.95 Å².